The molecule has 0 unspecified atom stereocenters. The molecule has 6 heteroatoms. The molecule has 1 aromatic rings. The summed E-state index contributed by atoms with van der Waals surface area (Å²) < 4.78 is 10.2. The minimum atomic E-state index is -1.22. The third kappa shape index (κ3) is 3.53. The van der Waals surface area contributed by atoms with Gasteiger partial charge in [0.25, 0.3) is 5.79 Å². The van der Waals surface area contributed by atoms with Crippen LogP contribution >= 0.6 is 0 Å². The molecule has 1 N–H and O–H groups in total. The van der Waals surface area contributed by atoms with Crippen LogP contribution < -0.4 is 10.2 Å². The Labute approximate surface area is 141 Å². The van der Waals surface area contributed by atoms with Crippen LogP contribution in [0.15, 0.2) is 36.0 Å². The van der Waals surface area contributed by atoms with Gasteiger partial charge in [0.1, 0.15) is 0 Å². The lowest BCUT2D eigenvalue weighted by molar-refractivity contribution is -0.222. The largest absolute Gasteiger partial charge is 0.419 e. The standard InChI is InChI=1S/C18H22N2O4/c1-18(2)23-16(21)13(17(22)24-18)12-19-14-8-4-5-9-15(14)20-10-6-3-7-11-20/h4-5,8-9,12,19H,3,6-7,10-11H2,1-2H3. The van der Waals surface area contributed by atoms with Crippen LogP contribution in [0.5, 0.6) is 0 Å². The molecule has 0 saturated carbocycles. The van der Waals surface area contributed by atoms with E-state index in [0.717, 1.165) is 24.5 Å². The van der Waals surface area contributed by atoms with Gasteiger partial charge in [-0.1, -0.05) is 12.1 Å². The number of ether oxygens (including phenoxy) is 2. The zero-order chi connectivity index (χ0) is 17.2. The van der Waals surface area contributed by atoms with E-state index in [1.165, 1.54) is 39.3 Å². The van der Waals surface area contributed by atoms with Crippen LogP contribution in [0.1, 0.15) is 33.1 Å². The van der Waals surface area contributed by atoms with Crippen LogP contribution in [0, 0.1) is 0 Å². The van der Waals surface area contributed by atoms with Gasteiger partial charge in [-0.05, 0) is 31.4 Å². The van der Waals surface area contributed by atoms with Crippen molar-refractivity contribution in [2.24, 2.45) is 0 Å². The molecule has 24 heavy (non-hydrogen) atoms. The minimum absolute atomic E-state index is 0.136. The van der Waals surface area contributed by atoms with E-state index in [0.29, 0.717) is 0 Å². The molecule has 0 aliphatic carbocycles. The summed E-state index contributed by atoms with van der Waals surface area (Å²) in [5.41, 5.74) is 1.77. The average molecular weight is 330 g/mol. The maximum atomic E-state index is 12.0. The molecule has 0 aromatic heterocycles. The van der Waals surface area contributed by atoms with Gasteiger partial charge in [0, 0.05) is 33.1 Å². The van der Waals surface area contributed by atoms with Crippen molar-refractivity contribution < 1.29 is 19.1 Å². The molecule has 2 aliphatic rings. The number of carbonyl (C=O) groups excluding carboxylic acids is 2. The smallest absolute Gasteiger partial charge is 0.350 e. The number of nitrogens with one attached hydrogen (secondary N) is 1. The topological polar surface area (TPSA) is 67.9 Å². The maximum absolute atomic E-state index is 12.0. The van der Waals surface area contributed by atoms with Gasteiger partial charge in [-0.25, -0.2) is 9.59 Å². The molecule has 0 amide bonds. The highest BCUT2D eigenvalue weighted by molar-refractivity contribution is 6.15. The van der Waals surface area contributed by atoms with Crippen LogP contribution in [0.4, 0.5) is 11.4 Å². The second-order valence-electron chi connectivity index (χ2n) is 6.45. The molecule has 2 aliphatic heterocycles. The molecule has 2 fully saturated rings. The number of benzene rings is 1. The highest BCUT2D eigenvalue weighted by Gasteiger charge is 2.39. The first kappa shape index (κ1) is 16.4. The Morgan fingerprint density at radius 2 is 1.67 bits per heavy atom. The summed E-state index contributed by atoms with van der Waals surface area (Å²) in [7, 11) is 0. The number of hydrogen-bond acceptors (Lipinski definition) is 6. The molecule has 128 valence electrons. The van der Waals surface area contributed by atoms with Crippen molar-refractivity contribution in [2.75, 3.05) is 23.3 Å². The molecule has 2 saturated heterocycles. The summed E-state index contributed by atoms with van der Waals surface area (Å²) in [6, 6.07) is 7.85. The summed E-state index contributed by atoms with van der Waals surface area (Å²) in [5, 5.41) is 3.06. The van der Waals surface area contributed by atoms with E-state index in [2.05, 4.69) is 10.2 Å². The molecule has 1 aromatic carbocycles. The van der Waals surface area contributed by atoms with E-state index >= 15 is 0 Å². The zero-order valence-electron chi connectivity index (χ0n) is 14.0. The highest BCUT2D eigenvalue weighted by atomic mass is 16.7. The fraction of sp³-hybridized carbons (Fsp3) is 0.444. The number of nitrogens with zero attached hydrogens (tertiary/aromatic N) is 1. The van der Waals surface area contributed by atoms with E-state index < -0.39 is 17.7 Å². The van der Waals surface area contributed by atoms with Crippen LogP contribution in [0.25, 0.3) is 0 Å². The first-order valence-electron chi connectivity index (χ1n) is 8.24. The number of hydrogen-bond donors (Lipinski definition) is 1. The molecule has 0 radical (unpaired) electrons. The first-order valence-corrected chi connectivity index (χ1v) is 8.24. The Balaban J connectivity index is 1.79. The molecule has 6 nitrogen and oxygen atoms in total. The number of esters is 2. The van der Waals surface area contributed by atoms with Gasteiger partial charge in [0.15, 0.2) is 5.57 Å². The first-order chi connectivity index (χ1) is 11.5. The molecule has 0 spiro atoms. The number of para-hydroxylation sites is 2. The van der Waals surface area contributed by atoms with Crippen molar-refractivity contribution in [1.29, 1.82) is 0 Å². The van der Waals surface area contributed by atoms with Crippen LogP contribution in [0.2, 0.25) is 0 Å². The lowest BCUT2D eigenvalue weighted by Crippen LogP contribution is -2.42. The highest BCUT2D eigenvalue weighted by Crippen LogP contribution is 2.29. The van der Waals surface area contributed by atoms with E-state index in [1.54, 1.807) is 0 Å². The molecular weight excluding hydrogens is 308 g/mol. The summed E-state index contributed by atoms with van der Waals surface area (Å²) >= 11 is 0. The SMILES string of the molecule is CC1(C)OC(=O)C(=CNc2ccccc2N2CCCCC2)C(=O)O1. The Hall–Kier alpha value is -2.50. The number of cyclic esters (lactones) is 2. The van der Waals surface area contributed by atoms with Gasteiger partial charge in [-0.15, -0.1) is 0 Å². The quantitative estimate of drug-likeness (QED) is 0.522. The molecule has 0 bridgehead atoms. The Bertz CT molecular complexity index is 653. The molecule has 3 rings (SSSR count). The summed E-state index contributed by atoms with van der Waals surface area (Å²) in [4.78, 5) is 26.3. The van der Waals surface area contributed by atoms with Crippen LogP contribution in [-0.4, -0.2) is 30.8 Å². The van der Waals surface area contributed by atoms with Gasteiger partial charge < -0.3 is 19.7 Å². The lowest BCUT2D eigenvalue weighted by Gasteiger charge is -2.31. The number of carbonyl (C=O) groups is 2. The minimum Gasteiger partial charge on any atom is -0.419 e. The van der Waals surface area contributed by atoms with Crippen molar-refractivity contribution in [3.05, 3.63) is 36.0 Å². The van der Waals surface area contributed by atoms with Gasteiger partial charge in [-0.3, -0.25) is 0 Å². The lowest BCUT2D eigenvalue weighted by atomic mass is 10.1. The number of anilines is 2. The number of rotatable bonds is 3. The summed E-state index contributed by atoms with van der Waals surface area (Å²) in [5.74, 6) is -2.59. The molecule has 2 heterocycles. The van der Waals surface area contributed by atoms with Gasteiger partial charge in [-0.2, -0.15) is 0 Å². The van der Waals surface area contributed by atoms with Gasteiger partial charge in [0.2, 0.25) is 0 Å². The fourth-order valence-electron chi connectivity index (χ4n) is 2.93. The molecule has 0 atom stereocenters. The maximum Gasteiger partial charge on any atom is 0.350 e. The van der Waals surface area contributed by atoms with E-state index in [1.807, 2.05) is 24.3 Å². The second kappa shape index (κ2) is 6.55. The van der Waals surface area contributed by atoms with Crippen molar-refractivity contribution in [3.63, 3.8) is 0 Å². The van der Waals surface area contributed by atoms with E-state index in [9.17, 15) is 9.59 Å². The van der Waals surface area contributed by atoms with Crippen LogP contribution in [-0.2, 0) is 19.1 Å². The summed E-state index contributed by atoms with van der Waals surface area (Å²) in [6.07, 6.45) is 4.96. The third-order valence-corrected chi connectivity index (χ3v) is 4.09. The monoisotopic (exact) mass is 330 g/mol. The van der Waals surface area contributed by atoms with Crippen molar-refractivity contribution in [3.8, 4) is 0 Å². The zero-order valence-corrected chi connectivity index (χ0v) is 14.0. The Morgan fingerprint density at radius 1 is 1.04 bits per heavy atom. The van der Waals surface area contributed by atoms with Gasteiger partial charge in [0.05, 0.1) is 11.4 Å². The fourth-order valence-corrected chi connectivity index (χ4v) is 2.93. The average Bonchev–Trinajstić information content (AvgIpc) is 2.54. The second-order valence-corrected chi connectivity index (χ2v) is 6.45. The van der Waals surface area contributed by atoms with E-state index in [4.69, 9.17) is 9.47 Å². The van der Waals surface area contributed by atoms with Gasteiger partial charge >= 0.3 is 11.9 Å². The van der Waals surface area contributed by atoms with Crippen molar-refractivity contribution >= 4 is 23.3 Å². The van der Waals surface area contributed by atoms with Crippen molar-refractivity contribution in [1.82, 2.24) is 0 Å². The van der Waals surface area contributed by atoms with Crippen LogP contribution in [0.3, 0.4) is 0 Å². The summed E-state index contributed by atoms with van der Waals surface area (Å²) in [6.45, 7) is 5.07. The predicted octanol–water partition coefficient (Wildman–Crippen LogP) is 2.81. The Kier molecular flexibility index (Phi) is 4.46. The normalized spacial score (nSPS) is 20.2. The van der Waals surface area contributed by atoms with E-state index in [-0.39, 0.29) is 5.57 Å². The third-order valence-electron chi connectivity index (χ3n) is 4.09. The number of piperidine rings is 1. The van der Waals surface area contributed by atoms with Crippen molar-refractivity contribution in [2.45, 2.75) is 38.9 Å². The molecular formula is C18H22N2O4. The Morgan fingerprint density at radius 3 is 2.33 bits per heavy atom. The predicted molar refractivity (Wildman–Crippen MR) is 90.5 cm³/mol.